The van der Waals surface area contributed by atoms with Crippen molar-refractivity contribution >= 4 is 22.5 Å². The highest BCUT2D eigenvalue weighted by Gasteiger charge is 2.13. The maximum Gasteiger partial charge on any atom is 0.343 e. The average Bonchev–Trinajstić information content (AvgIpc) is 2.61. The summed E-state index contributed by atoms with van der Waals surface area (Å²) < 4.78 is 10.9. The van der Waals surface area contributed by atoms with Gasteiger partial charge in [0.1, 0.15) is 11.5 Å². The molecular weight excluding hydrogens is 304 g/mol. The lowest BCUT2D eigenvalue weighted by molar-refractivity contribution is 0.0737. The van der Waals surface area contributed by atoms with Gasteiger partial charge in [0.25, 0.3) is 0 Å². The molecule has 0 amide bonds. The number of benzene rings is 3. The fourth-order valence-corrected chi connectivity index (χ4v) is 2.54. The summed E-state index contributed by atoms with van der Waals surface area (Å²) in [7, 11) is 1.60. The van der Waals surface area contributed by atoms with Crippen LogP contribution in [0.4, 0.5) is 0 Å². The number of carbonyl (C=O) groups excluding carboxylic acids is 2. The van der Waals surface area contributed by atoms with E-state index in [2.05, 4.69) is 0 Å². The number of rotatable bonds is 4. The highest BCUT2D eigenvalue weighted by atomic mass is 16.5. The second-order valence-corrected chi connectivity index (χ2v) is 5.34. The lowest BCUT2D eigenvalue weighted by Crippen LogP contribution is -2.09. The van der Waals surface area contributed by atoms with E-state index in [-0.39, 0.29) is 5.78 Å². The fraction of sp³-hybridized carbons (Fsp3) is 0.100. The van der Waals surface area contributed by atoms with Crippen molar-refractivity contribution in [3.63, 3.8) is 0 Å². The Morgan fingerprint density at radius 2 is 1.38 bits per heavy atom. The molecular formula is C20H16O4. The van der Waals surface area contributed by atoms with Crippen LogP contribution in [0.1, 0.15) is 27.6 Å². The highest BCUT2D eigenvalue weighted by molar-refractivity contribution is 6.00. The molecule has 120 valence electrons. The van der Waals surface area contributed by atoms with Gasteiger partial charge in [-0.1, -0.05) is 36.4 Å². The molecule has 3 rings (SSSR count). The minimum atomic E-state index is -0.506. The Morgan fingerprint density at radius 3 is 2.04 bits per heavy atom. The molecule has 0 radical (unpaired) electrons. The zero-order valence-electron chi connectivity index (χ0n) is 13.4. The number of hydrogen-bond acceptors (Lipinski definition) is 4. The van der Waals surface area contributed by atoms with Crippen LogP contribution in [0, 0.1) is 0 Å². The molecule has 4 heteroatoms. The van der Waals surface area contributed by atoms with E-state index < -0.39 is 5.97 Å². The third kappa shape index (κ3) is 2.99. The summed E-state index contributed by atoms with van der Waals surface area (Å²) in [4.78, 5) is 23.9. The second kappa shape index (κ2) is 6.54. The number of hydrogen-bond donors (Lipinski definition) is 0. The van der Waals surface area contributed by atoms with E-state index >= 15 is 0 Å². The predicted molar refractivity (Wildman–Crippen MR) is 91.9 cm³/mol. The van der Waals surface area contributed by atoms with Crippen molar-refractivity contribution in [2.24, 2.45) is 0 Å². The summed E-state index contributed by atoms with van der Waals surface area (Å²) in [5.74, 6) is 0.557. The molecule has 0 fully saturated rings. The molecule has 0 unspecified atom stereocenters. The molecule has 0 aliphatic carbocycles. The van der Waals surface area contributed by atoms with Crippen LogP contribution in [0.15, 0.2) is 60.7 Å². The Morgan fingerprint density at radius 1 is 0.792 bits per heavy atom. The fourth-order valence-electron chi connectivity index (χ4n) is 2.54. The minimum Gasteiger partial charge on any atom is -0.496 e. The van der Waals surface area contributed by atoms with Crippen LogP contribution in [-0.4, -0.2) is 18.9 Å². The largest absolute Gasteiger partial charge is 0.496 e. The molecule has 3 aromatic carbocycles. The third-order valence-electron chi connectivity index (χ3n) is 3.77. The van der Waals surface area contributed by atoms with Crippen molar-refractivity contribution in [1.29, 1.82) is 0 Å². The van der Waals surface area contributed by atoms with Crippen LogP contribution in [0.25, 0.3) is 10.8 Å². The van der Waals surface area contributed by atoms with Crippen molar-refractivity contribution < 1.29 is 19.1 Å². The smallest absolute Gasteiger partial charge is 0.343 e. The normalized spacial score (nSPS) is 10.4. The number of Topliss-reactive ketones (excluding diaryl/α,β-unsaturated/α-hetero) is 1. The van der Waals surface area contributed by atoms with Gasteiger partial charge >= 0.3 is 5.97 Å². The van der Waals surface area contributed by atoms with E-state index in [1.165, 1.54) is 13.0 Å². The molecule has 0 N–H and O–H groups in total. The molecule has 0 aromatic heterocycles. The van der Waals surface area contributed by atoms with E-state index in [0.29, 0.717) is 22.6 Å². The van der Waals surface area contributed by atoms with E-state index in [1.54, 1.807) is 37.4 Å². The maximum atomic E-state index is 12.4. The Bertz CT molecular complexity index is 928. The van der Waals surface area contributed by atoms with Gasteiger partial charge in [-0.2, -0.15) is 0 Å². The summed E-state index contributed by atoms with van der Waals surface area (Å²) in [5, 5.41) is 1.65. The van der Waals surface area contributed by atoms with Crippen LogP contribution in [0.2, 0.25) is 0 Å². The Kier molecular flexibility index (Phi) is 4.29. The van der Waals surface area contributed by atoms with Crippen molar-refractivity contribution in [3.05, 3.63) is 71.8 Å². The first-order valence-corrected chi connectivity index (χ1v) is 7.49. The zero-order valence-corrected chi connectivity index (χ0v) is 13.4. The molecule has 3 aromatic rings. The second-order valence-electron chi connectivity index (χ2n) is 5.34. The standard InChI is InChI=1S/C20H16O4/c1-13(21)14-6-3-7-15(12-14)20(22)24-19-11-5-8-16-17(19)9-4-10-18(16)23-2/h3-12H,1-2H3. The average molecular weight is 320 g/mol. The number of carbonyl (C=O) groups is 2. The molecule has 4 nitrogen and oxygen atoms in total. The Hall–Kier alpha value is -3.14. The molecule has 0 bridgehead atoms. The predicted octanol–water partition coefficient (Wildman–Crippen LogP) is 4.27. The summed E-state index contributed by atoms with van der Waals surface area (Å²) in [6, 6.07) is 17.5. The number of fused-ring (bicyclic) bond motifs is 1. The van der Waals surface area contributed by atoms with E-state index in [1.807, 2.05) is 24.3 Å². The lowest BCUT2D eigenvalue weighted by Gasteiger charge is -2.10. The zero-order chi connectivity index (χ0) is 17.1. The van der Waals surface area contributed by atoms with E-state index in [4.69, 9.17) is 9.47 Å². The molecule has 0 aliphatic heterocycles. The van der Waals surface area contributed by atoms with Gasteiger partial charge in [-0.3, -0.25) is 4.79 Å². The SMILES string of the molecule is COc1cccc2c(OC(=O)c3cccc(C(C)=O)c3)cccc12. The molecule has 0 heterocycles. The number of ketones is 1. The molecule has 0 spiro atoms. The summed E-state index contributed by atoms with van der Waals surface area (Å²) in [6.45, 7) is 1.46. The van der Waals surface area contributed by atoms with Gasteiger partial charge in [0.2, 0.25) is 0 Å². The molecule has 24 heavy (non-hydrogen) atoms. The molecule has 0 aliphatic rings. The quantitative estimate of drug-likeness (QED) is 0.409. The number of esters is 1. The molecule has 0 saturated heterocycles. The third-order valence-corrected chi connectivity index (χ3v) is 3.77. The van der Waals surface area contributed by atoms with Crippen molar-refractivity contribution in [3.8, 4) is 11.5 Å². The maximum absolute atomic E-state index is 12.4. The first kappa shape index (κ1) is 15.7. The number of ether oxygens (including phenoxy) is 2. The monoisotopic (exact) mass is 320 g/mol. The molecule has 0 atom stereocenters. The van der Waals surface area contributed by atoms with Gasteiger partial charge < -0.3 is 9.47 Å². The van der Waals surface area contributed by atoms with Gasteiger partial charge in [0, 0.05) is 16.3 Å². The van der Waals surface area contributed by atoms with Crippen molar-refractivity contribution in [2.45, 2.75) is 6.92 Å². The van der Waals surface area contributed by atoms with Gasteiger partial charge in [-0.25, -0.2) is 4.79 Å². The van der Waals surface area contributed by atoms with Gasteiger partial charge in [0.15, 0.2) is 5.78 Å². The Labute approximate surface area is 139 Å². The van der Waals surface area contributed by atoms with Crippen LogP contribution in [-0.2, 0) is 0 Å². The minimum absolute atomic E-state index is 0.0976. The van der Waals surface area contributed by atoms with Crippen LogP contribution >= 0.6 is 0 Å². The van der Waals surface area contributed by atoms with Gasteiger partial charge in [-0.15, -0.1) is 0 Å². The first-order valence-electron chi connectivity index (χ1n) is 7.49. The summed E-state index contributed by atoms with van der Waals surface area (Å²) in [5.41, 5.74) is 0.812. The van der Waals surface area contributed by atoms with Gasteiger partial charge in [-0.05, 0) is 31.2 Å². The van der Waals surface area contributed by atoms with Crippen LogP contribution in [0.5, 0.6) is 11.5 Å². The topological polar surface area (TPSA) is 52.6 Å². The van der Waals surface area contributed by atoms with Crippen LogP contribution in [0.3, 0.4) is 0 Å². The first-order chi connectivity index (χ1) is 11.6. The lowest BCUT2D eigenvalue weighted by atomic mass is 10.1. The number of methoxy groups -OCH3 is 1. The summed E-state index contributed by atoms with van der Waals surface area (Å²) >= 11 is 0. The van der Waals surface area contributed by atoms with Gasteiger partial charge in [0.05, 0.1) is 12.7 Å². The van der Waals surface area contributed by atoms with Crippen molar-refractivity contribution in [2.75, 3.05) is 7.11 Å². The van der Waals surface area contributed by atoms with E-state index in [9.17, 15) is 9.59 Å². The summed E-state index contributed by atoms with van der Waals surface area (Å²) in [6.07, 6.45) is 0. The Balaban J connectivity index is 1.97. The highest BCUT2D eigenvalue weighted by Crippen LogP contribution is 2.32. The van der Waals surface area contributed by atoms with Crippen LogP contribution < -0.4 is 9.47 Å². The molecule has 0 saturated carbocycles. The van der Waals surface area contributed by atoms with E-state index in [0.717, 1.165) is 10.8 Å². The van der Waals surface area contributed by atoms with Crippen molar-refractivity contribution in [1.82, 2.24) is 0 Å².